The summed E-state index contributed by atoms with van der Waals surface area (Å²) < 4.78 is 0.829. The fourth-order valence-electron chi connectivity index (χ4n) is 2.66. The summed E-state index contributed by atoms with van der Waals surface area (Å²) in [5, 5.41) is 8.36. The molecule has 122 valence electrons. The fraction of sp³-hybridized carbons (Fsp3) is 0.111. The van der Waals surface area contributed by atoms with E-state index in [-0.39, 0.29) is 11.9 Å². The zero-order valence-electron chi connectivity index (χ0n) is 13.0. The molecule has 2 aromatic carbocycles. The van der Waals surface area contributed by atoms with Crippen LogP contribution in [0.2, 0.25) is 0 Å². The molecule has 0 fully saturated rings. The predicted molar refractivity (Wildman–Crippen MR) is 96.3 cm³/mol. The molecule has 5 nitrogen and oxygen atoms in total. The number of anilines is 1. The van der Waals surface area contributed by atoms with E-state index < -0.39 is 6.04 Å². The normalized spacial score (nSPS) is 17.1. The van der Waals surface area contributed by atoms with Crippen LogP contribution in [0.5, 0.6) is 0 Å². The Morgan fingerprint density at radius 1 is 1.08 bits per heavy atom. The van der Waals surface area contributed by atoms with Crippen LogP contribution in [0.25, 0.3) is 0 Å². The number of hydrogen-bond donors (Lipinski definition) is 3. The van der Waals surface area contributed by atoms with Gasteiger partial charge in [-0.1, -0.05) is 52.3 Å². The summed E-state index contributed by atoms with van der Waals surface area (Å²) in [6.07, 6.45) is 0. The monoisotopic (exact) mass is 385 g/mol. The van der Waals surface area contributed by atoms with Crippen LogP contribution in [0.3, 0.4) is 0 Å². The van der Waals surface area contributed by atoms with Crippen molar-refractivity contribution in [2.45, 2.75) is 13.0 Å². The van der Waals surface area contributed by atoms with Crippen LogP contribution in [-0.4, -0.2) is 11.9 Å². The molecule has 0 bridgehead atoms. The van der Waals surface area contributed by atoms with Crippen molar-refractivity contribution in [2.75, 3.05) is 5.32 Å². The maximum absolute atomic E-state index is 12.8. The Hall–Kier alpha value is -2.60. The van der Waals surface area contributed by atoms with Gasteiger partial charge in [-0.2, -0.15) is 0 Å². The molecular weight excluding hydrogens is 370 g/mol. The number of urea groups is 1. The molecule has 1 heterocycles. The van der Waals surface area contributed by atoms with Crippen molar-refractivity contribution in [3.05, 3.63) is 75.9 Å². The van der Waals surface area contributed by atoms with Crippen molar-refractivity contribution in [1.29, 1.82) is 0 Å². The number of para-hydroxylation sites is 1. The summed E-state index contributed by atoms with van der Waals surface area (Å²) in [4.78, 5) is 24.7. The molecule has 0 saturated heterocycles. The molecule has 0 spiro atoms. The Balaban J connectivity index is 1.98. The smallest absolute Gasteiger partial charge is 0.319 e. The van der Waals surface area contributed by atoms with E-state index in [4.69, 9.17) is 0 Å². The second-order valence-electron chi connectivity index (χ2n) is 5.41. The highest BCUT2D eigenvalue weighted by molar-refractivity contribution is 9.10. The molecule has 1 aliphatic rings. The lowest BCUT2D eigenvalue weighted by molar-refractivity contribution is -0.113. The van der Waals surface area contributed by atoms with Gasteiger partial charge >= 0.3 is 6.03 Å². The number of hydrogen-bond acceptors (Lipinski definition) is 2. The maximum Gasteiger partial charge on any atom is 0.319 e. The Bertz CT molecular complexity index is 818. The zero-order valence-corrected chi connectivity index (χ0v) is 14.6. The zero-order chi connectivity index (χ0) is 17.1. The van der Waals surface area contributed by atoms with Gasteiger partial charge in [-0.3, -0.25) is 4.79 Å². The quantitative estimate of drug-likeness (QED) is 0.753. The van der Waals surface area contributed by atoms with Crippen molar-refractivity contribution in [3.63, 3.8) is 0 Å². The minimum absolute atomic E-state index is 0.257. The number of halogens is 1. The molecule has 0 saturated carbocycles. The first kappa shape index (κ1) is 16.3. The summed E-state index contributed by atoms with van der Waals surface area (Å²) in [5.41, 5.74) is 2.54. The Morgan fingerprint density at radius 2 is 1.75 bits per heavy atom. The van der Waals surface area contributed by atoms with Gasteiger partial charge in [0.25, 0.3) is 5.91 Å². The molecule has 3 amide bonds. The molecule has 0 aromatic heterocycles. The van der Waals surface area contributed by atoms with Crippen molar-refractivity contribution < 1.29 is 9.59 Å². The number of carbonyl (C=O) groups is 2. The number of amides is 3. The van der Waals surface area contributed by atoms with E-state index in [0.717, 1.165) is 10.0 Å². The van der Waals surface area contributed by atoms with Crippen LogP contribution in [-0.2, 0) is 4.79 Å². The minimum atomic E-state index is -0.530. The molecule has 2 aromatic rings. The lowest BCUT2D eigenvalue weighted by Crippen LogP contribution is -2.46. The Labute approximate surface area is 148 Å². The molecule has 6 heteroatoms. The van der Waals surface area contributed by atoms with Gasteiger partial charge in [0.05, 0.1) is 11.6 Å². The van der Waals surface area contributed by atoms with Crippen LogP contribution >= 0.6 is 15.9 Å². The number of allylic oxidation sites excluding steroid dienone is 1. The fourth-order valence-corrected chi connectivity index (χ4v) is 3.17. The van der Waals surface area contributed by atoms with Crippen LogP contribution in [0.1, 0.15) is 18.5 Å². The van der Waals surface area contributed by atoms with Gasteiger partial charge < -0.3 is 16.0 Å². The maximum atomic E-state index is 12.8. The van der Waals surface area contributed by atoms with E-state index in [2.05, 4.69) is 31.9 Å². The molecule has 3 N–H and O–H groups in total. The highest BCUT2D eigenvalue weighted by Gasteiger charge is 2.32. The van der Waals surface area contributed by atoms with Crippen LogP contribution in [0.4, 0.5) is 10.5 Å². The third-order valence-corrected chi connectivity index (χ3v) is 4.48. The summed E-state index contributed by atoms with van der Waals surface area (Å²) >= 11 is 3.49. The summed E-state index contributed by atoms with van der Waals surface area (Å²) in [5.74, 6) is -0.257. The molecule has 1 atom stereocenters. The van der Waals surface area contributed by atoms with Crippen molar-refractivity contribution in [2.24, 2.45) is 0 Å². The molecule has 1 aliphatic heterocycles. The topological polar surface area (TPSA) is 70.2 Å². The van der Waals surface area contributed by atoms with Crippen LogP contribution < -0.4 is 16.0 Å². The number of rotatable bonds is 3. The van der Waals surface area contributed by atoms with E-state index in [1.165, 1.54) is 0 Å². The van der Waals surface area contributed by atoms with Gasteiger partial charge in [0.15, 0.2) is 0 Å². The Morgan fingerprint density at radius 3 is 2.46 bits per heavy atom. The number of carbonyl (C=O) groups excluding carboxylic acids is 2. The summed E-state index contributed by atoms with van der Waals surface area (Å²) in [7, 11) is 0. The molecular formula is C18H16BrN3O2. The average Bonchev–Trinajstić information content (AvgIpc) is 2.55. The van der Waals surface area contributed by atoms with Gasteiger partial charge in [-0.25, -0.2) is 4.79 Å². The lowest BCUT2D eigenvalue weighted by atomic mass is 9.95. The second kappa shape index (κ2) is 6.88. The van der Waals surface area contributed by atoms with Crippen molar-refractivity contribution >= 4 is 33.6 Å². The highest BCUT2D eigenvalue weighted by atomic mass is 79.9. The standard InChI is InChI=1S/C18H16BrN3O2/c1-11-15(17(23)21-12-7-3-2-4-8-12)16(22-18(24)20-11)13-9-5-6-10-14(13)19/h2-10,16H,1H3,(H,21,23)(H2,20,22,24). The van der Waals surface area contributed by atoms with Gasteiger partial charge in [0.1, 0.15) is 0 Å². The summed E-state index contributed by atoms with van der Waals surface area (Å²) in [6, 6.07) is 15.9. The van der Waals surface area contributed by atoms with Crippen LogP contribution in [0, 0.1) is 0 Å². The Kier molecular flexibility index (Phi) is 4.66. The van der Waals surface area contributed by atoms with Crippen molar-refractivity contribution in [1.82, 2.24) is 10.6 Å². The third-order valence-electron chi connectivity index (χ3n) is 3.76. The SMILES string of the molecule is CC1=C(C(=O)Nc2ccccc2)C(c2ccccc2Br)NC(=O)N1. The van der Waals surface area contributed by atoms with Crippen molar-refractivity contribution in [3.8, 4) is 0 Å². The van der Waals surface area contributed by atoms with Crippen LogP contribution in [0.15, 0.2) is 70.3 Å². The van der Waals surface area contributed by atoms with Gasteiger partial charge in [-0.05, 0) is 30.7 Å². The molecule has 0 radical (unpaired) electrons. The van der Waals surface area contributed by atoms with E-state index in [1.807, 2.05) is 54.6 Å². The first-order valence-corrected chi connectivity index (χ1v) is 8.24. The third kappa shape index (κ3) is 3.33. The number of nitrogens with one attached hydrogen (secondary N) is 3. The first-order chi connectivity index (χ1) is 11.6. The summed E-state index contributed by atoms with van der Waals surface area (Å²) in [6.45, 7) is 1.72. The molecule has 1 unspecified atom stereocenters. The molecule has 0 aliphatic carbocycles. The second-order valence-corrected chi connectivity index (χ2v) is 6.27. The minimum Gasteiger partial charge on any atom is -0.327 e. The first-order valence-electron chi connectivity index (χ1n) is 7.45. The van der Waals surface area contributed by atoms with E-state index in [1.54, 1.807) is 6.92 Å². The van der Waals surface area contributed by atoms with Gasteiger partial charge in [0.2, 0.25) is 0 Å². The van der Waals surface area contributed by atoms with Gasteiger partial charge in [-0.15, -0.1) is 0 Å². The largest absolute Gasteiger partial charge is 0.327 e. The van der Waals surface area contributed by atoms with E-state index in [0.29, 0.717) is 17.0 Å². The molecule has 3 rings (SSSR count). The highest BCUT2D eigenvalue weighted by Crippen LogP contribution is 2.32. The lowest BCUT2D eigenvalue weighted by Gasteiger charge is -2.29. The van der Waals surface area contributed by atoms with Gasteiger partial charge in [0, 0.05) is 15.9 Å². The van der Waals surface area contributed by atoms with E-state index >= 15 is 0 Å². The predicted octanol–water partition coefficient (Wildman–Crippen LogP) is 3.72. The number of benzene rings is 2. The molecule has 24 heavy (non-hydrogen) atoms. The van der Waals surface area contributed by atoms with E-state index in [9.17, 15) is 9.59 Å². The average molecular weight is 386 g/mol.